The SMILES string of the molecule is COc1cccc(C(O)=Cc2nc3ccc(C(=O)Nc4cccc(C)c4)cc3[nH]c2=O)c1. The minimum atomic E-state index is -0.483. The molecule has 3 aromatic carbocycles. The van der Waals surface area contributed by atoms with E-state index in [9.17, 15) is 14.7 Å². The van der Waals surface area contributed by atoms with Crippen molar-refractivity contribution in [3.05, 3.63) is 99.5 Å². The molecule has 0 bridgehead atoms. The number of amides is 1. The van der Waals surface area contributed by atoms with Crippen LogP contribution in [0.3, 0.4) is 0 Å². The van der Waals surface area contributed by atoms with Gasteiger partial charge in [-0.25, -0.2) is 4.98 Å². The number of anilines is 1. The third-order valence-electron chi connectivity index (χ3n) is 4.90. The van der Waals surface area contributed by atoms with Gasteiger partial charge in [0, 0.05) is 22.9 Å². The summed E-state index contributed by atoms with van der Waals surface area (Å²) >= 11 is 0. The van der Waals surface area contributed by atoms with Crippen molar-refractivity contribution in [2.75, 3.05) is 12.4 Å². The highest BCUT2D eigenvalue weighted by Crippen LogP contribution is 2.20. The maximum atomic E-state index is 12.6. The first-order chi connectivity index (χ1) is 15.4. The van der Waals surface area contributed by atoms with Gasteiger partial charge in [-0.3, -0.25) is 9.59 Å². The van der Waals surface area contributed by atoms with E-state index in [-0.39, 0.29) is 17.4 Å². The van der Waals surface area contributed by atoms with E-state index in [4.69, 9.17) is 4.74 Å². The molecule has 0 spiro atoms. The van der Waals surface area contributed by atoms with Crippen LogP contribution < -0.4 is 15.6 Å². The van der Waals surface area contributed by atoms with Crippen LogP contribution in [0.25, 0.3) is 22.9 Å². The number of aliphatic hydroxyl groups is 1. The van der Waals surface area contributed by atoms with E-state index in [2.05, 4.69) is 15.3 Å². The molecule has 0 aliphatic rings. The van der Waals surface area contributed by atoms with E-state index in [1.54, 1.807) is 42.5 Å². The van der Waals surface area contributed by atoms with Crippen LogP contribution in [-0.2, 0) is 0 Å². The van der Waals surface area contributed by atoms with Crippen molar-refractivity contribution >= 4 is 34.5 Å². The summed E-state index contributed by atoms with van der Waals surface area (Å²) in [5.74, 6) is 0.174. The molecule has 7 heteroatoms. The molecule has 0 fully saturated rings. The summed E-state index contributed by atoms with van der Waals surface area (Å²) in [5, 5.41) is 13.3. The number of aliphatic hydroxyl groups excluding tert-OH is 1. The second-order valence-electron chi connectivity index (χ2n) is 7.27. The molecular formula is C25H21N3O4. The number of methoxy groups -OCH3 is 1. The maximum Gasteiger partial charge on any atom is 0.274 e. The van der Waals surface area contributed by atoms with Crippen molar-refractivity contribution in [1.29, 1.82) is 0 Å². The molecule has 0 radical (unpaired) electrons. The van der Waals surface area contributed by atoms with E-state index in [0.29, 0.717) is 33.6 Å². The highest BCUT2D eigenvalue weighted by atomic mass is 16.5. The number of nitrogens with one attached hydrogen (secondary N) is 2. The Kier molecular flexibility index (Phi) is 5.72. The van der Waals surface area contributed by atoms with E-state index < -0.39 is 5.56 Å². The summed E-state index contributed by atoms with van der Waals surface area (Å²) in [4.78, 5) is 32.2. The lowest BCUT2D eigenvalue weighted by atomic mass is 10.1. The number of rotatable bonds is 5. The zero-order valence-electron chi connectivity index (χ0n) is 17.5. The van der Waals surface area contributed by atoms with Crippen LogP contribution >= 0.6 is 0 Å². The van der Waals surface area contributed by atoms with E-state index >= 15 is 0 Å². The average molecular weight is 427 g/mol. The Balaban J connectivity index is 1.63. The molecule has 0 aliphatic heterocycles. The number of benzene rings is 3. The van der Waals surface area contributed by atoms with Crippen molar-refractivity contribution in [1.82, 2.24) is 9.97 Å². The van der Waals surface area contributed by atoms with Crippen molar-refractivity contribution in [3.8, 4) is 5.75 Å². The van der Waals surface area contributed by atoms with Crippen LogP contribution in [0.4, 0.5) is 5.69 Å². The first kappa shape index (κ1) is 20.9. The Hall–Kier alpha value is -4.39. The Morgan fingerprint density at radius 2 is 1.88 bits per heavy atom. The van der Waals surface area contributed by atoms with Crippen LogP contribution in [0.15, 0.2) is 71.5 Å². The van der Waals surface area contributed by atoms with Gasteiger partial charge in [0.05, 0.1) is 18.1 Å². The summed E-state index contributed by atoms with van der Waals surface area (Å²) in [7, 11) is 1.53. The number of aromatic nitrogens is 2. The minimum Gasteiger partial charge on any atom is -0.507 e. The molecule has 0 unspecified atom stereocenters. The second-order valence-corrected chi connectivity index (χ2v) is 7.27. The third-order valence-corrected chi connectivity index (χ3v) is 4.90. The highest BCUT2D eigenvalue weighted by molar-refractivity contribution is 6.05. The predicted molar refractivity (Wildman–Crippen MR) is 125 cm³/mol. The van der Waals surface area contributed by atoms with Gasteiger partial charge in [0.2, 0.25) is 0 Å². The van der Waals surface area contributed by atoms with Crippen LogP contribution in [0, 0.1) is 6.92 Å². The van der Waals surface area contributed by atoms with Gasteiger partial charge in [-0.2, -0.15) is 0 Å². The molecule has 32 heavy (non-hydrogen) atoms. The van der Waals surface area contributed by atoms with Crippen LogP contribution in [-0.4, -0.2) is 28.1 Å². The van der Waals surface area contributed by atoms with Gasteiger partial charge in [-0.1, -0.05) is 24.3 Å². The predicted octanol–water partition coefficient (Wildman–Crippen LogP) is 4.55. The molecule has 3 N–H and O–H groups in total. The van der Waals surface area contributed by atoms with Crippen molar-refractivity contribution < 1.29 is 14.6 Å². The van der Waals surface area contributed by atoms with Crippen LogP contribution in [0.2, 0.25) is 0 Å². The summed E-state index contributed by atoms with van der Waals surface area (Å²) in [6.07, 6.45) is 1.30. The summed E-state index contributed by atoms with van der Waals surface area (Å²) in [6, 6.07) is 19.2. The fourth-order valence-electron chi connectivity index (χ4n) is 3.26. The smallest absolute Gasteiger partial charge is 0.274 e. The minimum absolute atomic E-state index is 0.0507. The number of carbonyl (C=O) groups is 1. The van der Waals surface area contributed by atoms with Gasteiger partial charge in [0.25, 0.3) is 11.5 Å². The first-order valence-electron chi connectivity index (χ1n) is 9.90. The number of hydrogen-bond acceptors (Lipinski definition) is 5. The molecule has 160 valence electrons. The highest BCUT2D eigenvalue weighted by Gasteiger charge is 2.11. The standard InChI is InChI=1S/C25H21N3O4/c1-15-5-3-7-18(11-15)26-24(30)17-9-10-20-21(13-17)28-25(31)22(27-20)14-23(29)16-6-4-8-19(12-16)32-2/h3-14,29H,1-2H3,(H,26,30)(H,28,31). The number of fused-ring (bicyclic) bond motifs is 1. The fraction of sp³-hybridized carbons (Fsp3) is 0.0800. The molecule has 4 aromatic rings. The number of carbonyl (C=O) groups excluding carboxylic acids is 1. The molecule has 1 amide bonds. The van der Waals surface area contributed by atoms with Crippen molar-refractivity contribution in [2.24, 2.45) is 0 Å². The monoisotopic (exact) mass is 427 g/mol. The average Bonchev–Trinajstić information content (AvgIpc) is 2.79. The Labute approximate surface area is 184 Å². The number of ether oxygens (including phenoxy) is 1. The first-order valence-corrected chi connectivity index (χ1v) is 9.90. The Morgan fingerprint density at radius 3 is 2.66 bits per heavy atom. The molecule has 7 nitrogen and oxygen atoms in total. The molecule has 1 aromatic heterocycles. The number of aromatic amines is 1. The van der Waals surface area contributed by atoms with Gasteiger partial charge in [0.15, 0.2) is 0 Å². The second kappa shape index (κ2) is 8.77. The molecule has 0 saturated carbocycles. The summed E-state index contributed by atoms with van der Waals surface area (Å²) in [6.45, 7) is 1.94. The maximum absolute atomic E-state index is 12.6. The molecule has 0 atom stereocenters. The van der Waals surface area contributed by atoms with Crippen LogP contribution in [0.1, 0.15) is 27.2 Å². The fourth-order valence-corrected chi connectivity index (χ4v) is 3.26. The van der Waals surface area contributed by atoms with Gasteiger partial charge in [-0.05, 0) is 55.0 Å². The van der Waals surface area contributed by atoms with E-state index in [1.807, 2.05) is 31.2 Å². The third kappa shape index (κ3) is 4.52. The molecule has 0 aliphatic carbocycles. The van der Waals surface area contributed by atoms with Gasteiger partial charge < -0.3 is 20.1 Å². The van der Waals surface area contributed by atoms with Gasteiger partial charge in [0.1, 0.15) is 17.2 Å². The largest absolute Gasteiger partial charge is 0.507 e. The molecule has 0 saturated heterocycles. The number of hydrogen-bond donors (Lipinski definition) is 3. The topological polar surface area (TPSA) is 104 Å². The number of nitrogens with zero attached hydrogens (tertiary/aromatic N) is 1. The van der Waals surface area contributed by atoms with Crippen molar-refractivity contribution in [2.45, 2.75) is 6.92 Å². The van der Waals surface area contributed by atoms with Crippen molar-refractivity contribution in [3.63, 3.8) is 0 Å². The van der Waals surface area contributed by atoms with Gasteiger partial charge in [-0.15, -0.1) is 0 Å². The number of H-pyrrole nitrogens is 1. The normalized spacial score (nSPS) is 11.4. The zero-order chi connectivity index (χ0) is 22.7. The quantitative estimate of drug-likeness (QED) is 0.406. The Bertz CT molecular complexity index is 1410. The van der Waals surface area contributed by atoms with Gasteiger partial charge >= 0.3 is 0 Å². The Morgan fingerprint density at radius 1 is 1.06 bits per heavy atom. The summed E-state index contributed by atoms with van der Waals surface area (Å²) in [5.41, 5.74) is 3.08. The lowest BCUT2D eigenvalue weighted by molar-refractivity contribution is 0.102. The molecule has 1 heterocycles. The molecular weight excluding hydrogens is 406 g/mol. The lowest BCUT2D eigenvalue weighted by Crippen LogP contribution is -2.14. The van der Waals surface area contributed by atoms with E-state index in [1.165, 1.54) is 13.2 Å². The molecule has 4 rings (SSSR count). The van der Waals surface area contributed by atoms with E-state index in [0.717, 1.165) is 5.56 Å². The lowest BCUT2D eigenvalue weighted by Gasteiger charge is -2.07. The number of aryl methyl sites for hydroxylation is 1. The zero-order valence-corrected chi connectivity index (χ0v) is 17.5. The summed E-state index contributed by atoms with van der Waals surface area (Å²) < 4.78 is 5.16. The van der Waals surface area contributed by atoms with Crippen LogP contribution in [0.5, 0.6) is 5.75 Å².